The number of carbonyl (C=O) groups excluding carboxylic acids is 2. The molecule has 0 atom stereocenters. The molecule has 30 heavy (non-hydrogen) atoms. The average molecular weight is 419 g/mol. The number of fused-ring (bicyclic) bond motifs is 1. The Labute approximate surface area is 179 Å². The molecule has 0 fully saturated rings. The summed E-state index contributed by atoms with van der Waals surface area (Å²) in [5, 5.41) is 0.536. The Morgan fingerprint density at radius 1 is 1.00 bits per heavy atom. The summed E-state index contributed by atoms with van der Waals surface area (Å²) >= 11 is 5.84. The van der Waals surface area contributed by atoms with Gasteiger partial charge in [-0.3, -0.25) is 4.79 Å². The number of hydrogen-bond acceptors (Lipinski definition) is 4. The number of halogens is 1. The number of benzene rings is 3. The molecular weight excluding hydrogens is 400 g/mol. The fraction of sp³-hybridized carbons (Fsp3) is 0.120. The highest BCUT2D eigenvalue weighted by Gasteiger charge is 2.28. The maximum absolute atomic E-state index is 12.6. The van der Waals surface area contributed by atoms with Crippen LogP contribution in [0.3, 0.4) is 0 Å². The first kappa shape index (κ1) is 19.9. The molecule has 3 aromatic rings. The van der Waals surface area contributed by atoms with E-state index in [1.54, 1.807) is 48.5 Å². The average Bonchev–Trinajstić information content (AvgIpc) is 3.03. The number of esters is 1. The third kappa shape index (κ3) is 4.14. The van der Waals surface area contributed by atoms with Gasteiger partial charge in [-0.05, 0) is 59.5 Å². The van der Waals surface area contributed by atoms with Crippen LogP contribution >= 0.6 is 11.6 Å². The predicted molar refractivity (Wildman–Crippen MR) is 116 cm³/mol. The Kier molecular flexibility index (Phi) is 5.42. The lowest BCUT2D eigenvalue weighted by Crippen LogP contribution is -2.08. The van der Waals surface area contributed by atoms with Crippen LogP contribution in [0.5, 0.6) is 11.5 Å². The van der Waals surface area contributed by atoms with Crippen molar-refractivity contribution in [2.24, 2.45) is 0 Å². The Morgan fingerprint density at radius 2 is 1.70 bits per heavy atom. The third-order valence-corrected chi connectivity index (χ3v) is 5.08. The minimum atomic E-state index is -0.517. The summed E-state index contributed by atoms with van der Waals surface area (Å²) in [7, 11) is 0. The molecule has 0 spiro atoms. The first-order valence-electron chi connectivity index (χ1n) is 9.57. The van der Waals surface area contributed by atoms with Gasteiger partial charge in [-0.1, -0.05) is 49.7 Å². The molecular formula is C25H19ClO4. The lowest BCUT2D eigenvalue weighted by atomic mass is 10.0. The molecule has 0 saturated heterocycles. The van der Waals surface area contributed by atoms with E-state index in [0.29, 0.717) is 33.6 Å². The van der Waals surface area contributed by atoms with E-state index >= 15 is 0 Å². The normalized spacial score (nSPS) is 14.0. The second-order valence-corrected chi connectivity index (χ2v) is 7.75. The number of Topliss-reactive ketones (excluding diaryl/α,β-unsaturated/α-hetero) is 1. The van der Waals surface area contributed by atoms with Crippen LogP contribution in [0.2, 0.25) is 5.02 Å². The lowest BCUT2D eigenvalue weighted by Gasteiger charge is -2.06. The van der Waals surface area contributed by atoms with E-state index in [0.717, 1.165) is 5.56 Å². The molecule has 1 heterocycles. The van der Waals surface area contributed by atoms with Crippen molar-refractivity contribution in [3.8, 4) is 11.5 Å². The maximum atomic E-state index is 12.6. The standard InChI is InChI=1S/C25H19ClO4/c1-15(2)17-5-3-16(4-6-17)13-23-24(27)21-12-11-20(14-22(21)30-23)29-25(28)18-7-9-19(26)10-8-18/h3-15H,1-2H3/b23-13-. The number of hydrogen-bond donors (Lipinski definition) is 0. The molecule has 3 aromatic carbocycles. The van der Waals surface area contributed by atoms with Crippen LogP contribution in [0.1, 0.15) is 51.6 Å². The fourth-order valence-corrected chi connectivity index (χ4v) is 3.24. The number of allylic oxidation sites excluding steroid dienone is 1. The van der Waals surface area contributed by atoms with E-state index in [1.807, 2.05) is 24.3 Å². The van der Waals surface area contributed by atoms with Crippen molar-refractivity contribution in [3.05, 3.63) is 99.8 Å². The van der Waals surface area contributed by atoms with Crippen LogP contribution in [-0.2, 0) is 0 Å². The van der Waals surface area contributed by atoms with Gasteiger partial charge in [-0.15, -0.1) is 0 Å². The molecule has 0 unspecified atom stereocenters. The van der Waals surface area contributed by atoms with Gasteiger partial charge in [-0.25, -0.2) is 4.79 Å². The number of carbonyl (C=O) groups is 2. The monoisotopic (exact) mass is 418 g/mol. The van der Waals surface area contributed by atoms with Crippen LogP contribution in [0.15, 0.2) is 72.5 Å². The second-order valence-electron chi connectivity index (χ2n) is 7.32. The van der Waals surface area contributed by atoms with Gasteiger partial charge in [0.15, 0.2) is 5.76 Å². The van der Waals surface area contributed by atoms with Crippen LogP contribution in [0, 0.1) is 0 Å². The van der Waals surface area contributed by atoms with Gasteiger partial charge in [0.05, 0.1) is 11.1 Å². The predicted octanol–water partition coefficient (Wildman–Crippen LogP) is 6.30. The summed E-state index contributed by atoms with van der Waals surface area (Å²) in [5.41, 5.74) is 2.92. The largest absolute Gasteiger partial charge is 0.452 e. The summed E-state index contributed by atoms with van der Waals surface area (Å²) in [5.74, 6) is 0.624. The summed E-state index contributed by atoms with van der Waals surface area (Å²) in [6, 6.07) is 19.1. The van der Waals surface area contributed by atoms with Crippen molar-refractivity contribution in [2.45, 2.75) is 19.8 Å². The molecule has 0 radical (unpaired) electrons. The number of ether oxygens (including phenoxy) is 2. The molecule has 0 N–H and O–H groups in total. The highest BCUT2D eigenvalue weighted by molar-refractivity contribution is 6.30. The number of ketones is 1. The van der Waals surface area contributed by atoms with Crippen molar-refractivity contribution in [3.63, 3.8) is 0 Å². The Morgan fingerprint density at radius 3 is 2.37 bits per heavy atom. The molecule has 0 amide bonds. The van der Waals surface area contributed by atoms with Gasteiger partial charge < -0.3 is 9.47 Å². The smallest absolute Gasteiger partial charge is 0.343 e. The van der Waals surface area contributed by atoms with Crippen molar-refractivity contribution >= 4 is 29.4 Å². The van der Waals surface area contributed by atoms with E-state index in [1.165, 1.54) is 5.56 Å². The molecule has 150 valence electrons. The van der Waals surface area contributed by atoms with Gasteiger partial charge >= 0.3 is 5.97 Å². The van der Waals surface area contributed by atoms with Crippen molar-refractivity contribution in [2.75, 3.05) is 0 Å². The fourth-order valence-electron chi connectivity index (χ4n) is 3.11. The SMILES string of the molecule is CC(C)c1ccc(/C=C2\Oc3cc(OC(=O)c4ccc(Cl)cc4)ccc3C2=O)cc1. The van der Waals surface area contributed by atoms with Crippen LogP contribution in [0.25, 0.3) is 6.08 Å². The first-order chi connectivity index (χ1) is 14.4. The van der Waals surface area contributed by atoms with Crippen LogP contribution in [0.4, 0.5) is 0 Å². The van der Waals surface area contributed by atoms with Gasteiger partial charge in [0.1, 0.15) is 11.5 Å². The van der Waals surface area contributed by atoms with E-state index < -0.39 is 5.97 Å². The summed E-state index contributed by atoms with van der Waals surface area (Å²) in [6.45, 7) is 4.26. The van der Waals surface area contributed by atoms with Crippen LogP contribution in [-0.4, -0.2) is 11.8 Å². The third-order valence-electron chi connectivity index (χ3n) is 4.83. The highest BCUT2D eigenvalue weighted by Crippen LogP contribution is 2.35. The Balaban J connectivity index is 1.52. The zero-order chi connectivity index (χ0) is 21.3. The molecule has 0 bridgehead atoms. The number of rotatable bonds is 4. The van der Waals surface area contributed by atoms with Crippen molar-refractivity contribution in [1.82, 2.24) is 0 Å². The lowest BCUT2D eigenvalue weighted by molar-refractivity contribution is 0.0734. The zero-order valence-corrected chi connectivity index (χ0v) is 17.3. The minimum absolute atomic E-state index is 0.200. The second kappa shape index (κ2) is 8.17. The highest BCUT2D eigenvalue weighted by atomic mass is 35.5. The molecule has 4 nitrogen and oxygen atoms in total. The van der Waals surface area contributed by atoms with Crippen molar-refractivity contribution < 1.29 is 19.1 Å². The zero-order valence-electron chi connectivity index (χ0n) is 16.5. The van der Waals surface area contributed by atoms with Gasteiger partial charge in [0.2, 0.25) is 5.78 Å². The van der Waals surface area contributed by atoms with E-state index in [4.69, 9.17) is 21.1 Å². The van der Waals surface area contributed by atoms with E-state index in [2.05, 4.69) is 13.8 Å². The minimum Gasteiger partial charge on any atom is -0.452 e. The molecule has 5 heteroatoms. The Bertz CT molecular complexity index is 1140. The van der Waals surface area contributed by atoms with Crippen molar-refractivity contribution in [1.29, 1.82) is 0 Å². The Hall–Kier alpha value is -3.37. The van der Waals surface area contributed by atoms with E-state index in [-0.39, 0.29) is 11.5 Å². The summed E-state index contributed by atoms with van der Waals surface area (Å²) in [6.07, 6.45) is 1.71. The van der Waals surface area contributed by atoms with Gasteiger partial charge in [0, 0.05) is 11.1 Å². The van der Waals surface area contributed by atoms with E-state index in [9.17, 15) is 9.59 Å². The molecule has 1 aliphatic rings. The molecule has 4 rings (SSSR count). The quantitative estimate of drug-likeness (QED) is 0.283. The topological polar surface area (TPSA) is 52.6 Å². The first-order valence-corrected chi connectivity index (χ1v) is 9.94. The maximum Gasteiger partial charge on any atom is 0.343 e. The van der Waals surface area contributed by atoms with Gasteiger partial charge in [-0.2, -0.15) is 0 Å². The van der Waals surface area contributed by atoms with Crippen LogP contribution < -0.4 is 9.47 Å². The molecule has 0 saturated carbocycles. The molecule has 1 aliphatic heterocycles. The summed E-state index contributed by atoms with van der Waals surface area (Å²) < 4.78 is 11.1. The summed E-state index contributed by atoms with van der Waals surface area (Å²) in [4.78, 5) is 24.9. The molecule has 0 aromatic heterocycles. The molecule has 0 aliphatic carbocycles. The van der Waals surface area contributed by atoms with Gasteiger partial charge in [0.25, 0.3) is 0 Å².